The minimum Gasteiger partial charge on any atom is -0.468 e. The Morgan fingerprint density at radius 1 is 1.47 bits per heavy atom. The number of esters is 1. The lowest BCUT2D eigenvalue weighted by molar-refractivity contribution is -0.156. The summed E-state index contributed by atoms with van der Waals surface area (Å²) in [5, 5.41) is 9.43. The van der Waals surface area contributed by atoms with E-state index < -0.39 is 17.5 Å². The van der Waals surface area contributed by atoms with E-state index in [2.05, 4.69) is 0 Å². The third kappa shape index (κ3) is 1.93. The number of ether oxygens (including phenoxy) is 1. The molecule has 1 aliphatic rings. The van der Waals surface area contributed by atoms with Crippen molar-refractivity contribution in [1.82, 2.24) is 0 Å². The van der Waals surface area contributed by atoms with Crippen LogP contribution in [0.3, 0.4) is 0 Å². The summed E-state index contributed by atoms with van der Waals surface area (Å²) in [6, 6.07) is 4.52. The first-order valence-corrected chi connectivity index (χ1v) is 5.52. The van der Waals surface area contributed by atoms with E-state index in [9.17, 15) is 14.3 Å². The van der Waals surface area contributed by atoms with Gasteiger partial charge in [-0.05, 0) is 43.0 Å². The molecular weight excluding hydrogens is 223 g/mol. The van der Waals surface area contributed by atoms with Gasteiger partial charge in [0.25, 0.3) is 0 Å². The van der Waals surface area contributed by atoms with E-state index in [4.69, 9.17) is 4.74 Å². The number of aliphatic hydroxyl groups excluding tert-OH is 1. The Kier molecular flexibility index (Phi) is 2.91. The van der Waals surface area contributed by atoms with E-state index in [0.717, 1.165) is 5.56 Å². The number of aliphatic hydroxyl groups is 1. The van der Waals surface area contributed by atoms with Crippen molar-refractivity contribution in [1.29, 1.82) is 0 Å². The molecule has 0 aliphatic heterocycles. The molecule has 1 aromatic rings. The van der Waals surface area contributed by atoms with Crippen LogP contribution in [-0.2, 0) is 14.9 Å². The molecule has 92 valence electrons. The summed E-state index contributed by atoms with van der Waals surface area (Å²) in [6.45, 7) is 1.77. The standard InChI is InChI=1S/C13H15FO3/c1-8-3-9(5-10(14)4-8)13(12(16)17-2)6-11(15)7-13/h3-5,11,15H,6-7H2,1-2H3. The molecule has 0 spiro atoms. The van der Waals surface area contributed by atoms with Crippen molar-refractivity contribution in [2.24, 2.45) is 0 Å². The van der Waals surface area contributed by atoms with Crippen LogP contribution in [0.15, 0.2) is 18.2 Å². The molecule has 17 heavy (non-hydrogen) atoms. The number of methoxy groups -OCH3 is 1. The Bertz CT molecular complexity index is 430. The Morgan fingerprint density at radius 2 is 2.12 bits per heavy atom. The number of hydrogen-bond donors (Lipinski definition) is 1. The molecule has 1 aliphatic carbocycles. The predicted molar refractivity (Wildman–Crippen MR) is 60.1 cm³/mol. The number of hydrogen-bond acceptors (Lipinski definition) is 3. The zero-order valence-electron chi connectivity index (χ0n) is 9.87. The lowest BCUT2D eigenvalue weighted by Crippen LogP contribution is -2.51. The Morgan fingerprint density at radius 3 is 2.59 bits per heavy atom. The molecule has 0 atom stereocenters. The molecule has 1 aromatic carbocycles. The van der Waals surface area contributed by atoms with Crippen molar-refractivity contribution in [3.8, 4) is 0 Å². The smallest absolute Gasteiger partial charge is 0.316 e. The molecule has 0 saturated heterocycles. The summed E-state index contributed by atoms with van der Waals surface area (Å²) in [5.41, 5.74) is 0.470. The fraction of sp³-hybridized carbons (Fsp3) is 0.462. The molecule has 1 N–H and O–H groups in total. The quantitative estimate of drug-likeness (QED) is 0.798. The summed E-state index contributed by atoms with van der Waals surface area (Å²) in [5.74, 6) is -0.780. The van der Waals surface area contributed by atoms with Crippen molar-refractivity contribution >= 4 is 5.97 Å². The number of carbonyl (C=O) groups excluding carboxylic acids is 1. The fourth-order valence-corrected chi connectivity index (χ4v) is 2.47. The van der Waals surface area contributed by atoms with Gasteiger partial charge in [-0.1, -0.05) is 6.07 Å². The van der Waals surface area contributed by atoms with Crippen LogP contribution in [0.2, 0.25) is 0 Å². The molecule has 0 unspecified atom stereocenters. The number of benzene rings is 1. The highest BCUT2D eigenvalue weighted by Gasteiger charge is 2.52. The maximum atomic E-state index is 13.4. The molecule has 0 amide bonds. The summed E-state index contributed by atoms with van der Waals surface area (Å²) >= 11 is 0. The van der Waals surface area contributed by atoms with E-state index >= 15 is 0 Å². The van der Waals surface area contributed by atoms with Crippen LogP contribution in [0, 0.1) is 12.7 Å². The molecule has 3 nitrogen and oxygen atoms in total. The topological polar surface area (TPSA) is 46.5 Å². The highest BCUT2D eigenvalue weighted by Crippen LogP contribution is 2.45. The van der Waals surface area contributed by atoms with Gasteiger partial charge < -0.3 is 9.84 Å². The molecule has 1 saturated carbocycles. The largest absolute Gasteiger partial charge is 0.468 e. The van der Waals surface area contributed by atoms with Crippen molar-refractivity contribution < 1.29 is 19.0 Å². The number of aryl methyl sites for hydroxylation is 1. The van der Waals surface area contributed by atoms with Gasteiger partial charge in [-0.15, -0.1) is 0 Å². The molecule has 1 fully saturated rings. The van der Waals surface area contributed by atoms with Gasteiger partial charge in [-0.2, -0.15) is 0 Å². The van der Waals surface area contributed by atoms with Crippen molar-refractivity contribution in [2.45, 2.75) is 31.3 Å². The molecular formula is C13H15FO3. The lowest BCUT2D eigenvalue weighted by atomic mass is 9.62. The van der Waals surface area contributed by atoms with Crippen LogP contribution in [-0.4, -0.2) is 24.3 Å². The molecule has 0 aromatic heterocycles. The third-order valence-corrected chi connectivity index (χ3v) is 3.34. The summed E-state index contributed by atoms with van der Waals surface area (Å²) in [6.07, 6.45) is 0.0724. The first-order valence-electron chi connectivity index (χ1n) is 5.52. The van der Waals surface area contributed by atoms with Gasteiger partial charge in [0.1, 0.15) is 5.82 Å². The molecule has 0 bridgehead atoms. The monoisotopic (exact) mass is 238 g/mol. The van der Waals surface area contributed by atoms with Crippen LogP contribution in [0.25, 0.3) is 0 Å². The third-order valence-electron chi connectivity index (χ3n) is 3.34. The van der Waals surface area contributed by atoms with Crippen LogP contribution in [0.5, 0.6) is 0 Å². The van der Waals surface area contributed by atoms with Crippen LogP contribution in [0.4, 0.5) is 4.39 Å². The fourth-order valence-electron chi connectivity index (χ4n) is 2.47. The van der Waals surface area contributed by atoms with Crippen LogP contribution < -0.4 is 0 Å². The van der Waals surface area contributed by atoms with Crippen molar-refractivity contribution in [3.63, 3.8) is 0 Å². The average molecular weight is 238 g/mol. The molecule has 4 heteroatoms. The molecule has 0 radical (unpaired) electrons. The van der Waals surface area contributed by atoms with Gasteiger partial charge >= 0.3 is 5.97 Å². The average Bonchev–Trinajstić information content (AvgIpc) is 2.22. The van der Waals surface area contributed by atoms with Crippen LogP contribution >= 0.6 is 0 Å². The van der Waals surface area contributed by atoms with Gasteiger partial charge in [0.15, 0.2) is 0 Å². The summed E-state index contributed by atoms with van der Waals surface area (Å²) < 4.78 is 18.1. The van der Waals surface area contributed by atoms with Gasteiger partial charge in [0, 0.05) is 0 Å². The maximum absolute atomic E-state index is 13.4. The molecule has 0 heterocycles. The maximum Gasteiger partial charge on any atom is 0.316 e. The van der Waals surface area contributed by atoms with E-state index in [1.807, 2.05) is 0 Å². The summed E-state index contributed by atoms with van der Waals surface area (Å²) in [7, 11) is 1.31. The van der Waals surface area contributed by atoms with E-state index in [1.54, 1.807) is 13.0 Å². The SMILES string of the molecule is COC(=O)C1(c2cc(C)cc(F)c2)CC(O)C1. The second kappa shape index (κ2) is 4.11. The van der Waals surface area contributed by atoms with E-state index in [1.165, 1.54) is 19.2 Å². The second-order valence-corrected chi connectivity index (χ2v) is 4.65. The Hall–Kier alpha value is -1.42. The lowest BCUT2D eigenvalue weighted by Gasteiger charge is -2.43. The number of carbonyl (C=O) groups is 1. The van der Waals surface area contributed by atoms with Gasteiger partial charge in [-0.25, -0.2) is 4.39 Å². The first kappa shape index (κ1) is 12.0. The Balaban J connectivity index is 2.43. The van der Waals surface area contributed by atoms with Gasteiger partial charge in [-0.3, -0.25) is 4.79 Å². The minimum atomic E-state index is -0.874. The highest BCUT2D eigenvalue weighted by atomic mass is 19.1. The van der Waals surface area contributed by atoms with Crippen molar-refractivity contribution in [3.05, 3.63) is 35.1 Å². The molecule has 2 rings (SSSR count). The minimum absolute atomic E-state index is 0.294. The number of halogens is 1. The van der Waals surface area contributed by atoms with E-state index in [-0.39, 0.29) is 5.82 Å². The van der Waals surface area contributed by atoms with Crippen LogP contribution in [0.1, 0.15) is 24.0 Å². The predicted octanol–water partition coefficient (Wildman–Crippen LogP) is 1.70. The zero-order chi connectivity index (χ0) is 12.6. The van der Waals surface area contributed by atoms with Gasteiger partial charge in [0.05, 0.1) is 18.6 Å². The number of rotatable bonds is 2. The van der Waals surface area contributed by atoms with Gasteiger partial charge in [0.2, 0.25) is 0 Å². The Labute approximate surface area is 99.2 Å². The van der Waals surface area contributed by atoms with E-state index in [0.29, 0.717) is 18.4 Å². The summed E-state index contributed by atoms with van der Waals surface area (Å²) in [4.78, 5) is 11.8. The highest BCUT2D eigenvalue weighted by molar-refractivity contribution is 5.84. The second-order valence-electron chi connectivity index (χ2n) is 4.65. The normalized spacial score (nSPS) is 27.4. The first-order chi connectivity index (χ1) is 7.98. The van der Waals surface area contributed by atoms with Crippen molar-refractivity contribution in [2.75, 3.05) is 7.11 Å². The zero-order valence-corrected chi connectivity index (χ0v) is 9.87.